The number of halogens is 2. The second-order valence-electron chi connectivity index (χ2n) is 4.51. The van der Waals surface area contributed by atoms with E-state index in [0.717, 1.165) is 0 Å². The molecule has 1 unspecified atom stereocenters. The molecule has 1 aromatic carbocycles. The molecule has 1 saturated heterocycles. The Morgan fingerprint density at radius 2 is 2.26 bits per heavy atom. The summed E-state index contributed by atoms with van der Waals surface area (Å²) < 4.78 is 24.4. The van der Waals surface area contributed by atoms with E-state index in [4.69, 9.17) is 15.0 Å². The Morgan fingerprint density at radius 3 is 3.00 bits per heavy atom. The lowest BCUT2D eigenvalue weighted by Gasteiger charge is -2.15. The molecule has 1 aromatic heterocycles. The smallest absolute Gasteiger partial charge is 0.249 e. The van der Waals surface area contributed by atoms with Crippen LogP contribution in [0, 0.1) is 5.82 Å². The average molecular weight is 328 g/mol. The lowest BCUT2D eigenvalue weighted by molar-refractivity contribution is 0.166. The van der Waals surface area contributed by atoms with E-state index in [1.165, 1.54) is 12.1 Å². The summed E-state index contributed by atoms with van der Waals surface area (Å²) in [5, 5.41) is 3.86. The first-order valence-corrected chi connectivity index (χ1v) is 6.54. The zero-order chi connectivity index (χ0) is 13.5. The fourth-order valence-corrected chi connectivity index (χ4v) is 2.38. The van der Waals surface area contributed by atoms with E-state index in [1.807, 2.05) is 0 Å². The minimum atomic E-state index is -0.745. The van der Waals surface area contributed by atoms with Crippen molar-refractivity contribution in [3.8, 4) is 11.4 Å². The molecule has 0 bridgehead atoms. The highest BCUT2D eigenvalue weighted by atomic mass is 79.9. The highest BCUT2D eigenvalue weighted by Crippen LogP contribution is 2.31. The standard InChI is InChI=1S/C12H11BrFN3O2/c13-9-2-1-7(14)5-8(9)10-16-11(19-17-10)12(15)3-4-18-6-12/h1-2,5H,3-4,6,15H2. The maximum Gasteiger partial charge on any atom is 0.249 e. The molecular formula is C12H11BrFN3O2. The molecule has 0 amide bonds. The minimum Gasteiger partial charge on any atom is -0.379 e. The molecule has 1 aliphatic heterocycles. The van der Waals surface area contributed by atoms with Crippen LogP contribution in [-0.2, 0) is 10.3 Å². The fraction of sp³-hybridized carbons (Fsp3) is 0.333. The molecule has 5 nitrogen and oxygen atoms in total. The molecule has 7 heteroatoms. The number of hydrogen-bond donors (Lipinski definition) is 1. The topological polar surface area (TPSA) is 74.2 Å². The van der Waals surface area contributed by atoms with Crippen molar-refractivity contribution in [2.75, 3.05) is 13.2 Å². The van der Waals surface area contributed by atoms with E-state index in [-0.39, 0.29) is 5.82 Å². The van der Waals surface area contributed by atoms with E-state index in [9.17, 15) is 4.39 Å². The Hall–Kier alpha value is -1.31. The number of aromatic nitrogens is 2. The molecule has 19 heavy (non-hydrogen) atoms. The zero-order valence-electron chi connectivity index (χ0n) is 9.90. The second kappa shape index (κ2) is 4.66. The summed E-state index contributed by atoms with van der Waals surface area (Å²) in [6.07, 6.45) is 0.624. The van der Waals surface area contributed by atoms with Gasteiger partial charge < -0.3 is 15.0 Å². The normalized spacial score (nSPS) is 22.9. The van der Waals surface area contributed by atoms with Gasteiger partial charge in [-0.05, 0) is 24.6 Å². The number of hydrogen-bond acceptors (Lipinski definition) is 5. The Morgan fingerprint density at radius 1 is 1.42 bits per heavy atom. The van der Waals surface area contributed by atoms with Crippen LogP contribution in [-0.4, -0.2) is 23.4 Å². The molecule has 0 radical (unpaired) electrons. The number of nitrogens with zero attached hydrogens (tertiary/aromatic N) is 2. The molecule has 100 valence electrons. The van der Waals surface area contributed by atoms with Gasteiger partial charge in [0.25, 0.3) is 0 Å². The maximum atomic E-state index is 13.3. The van der Waals surface area contributed by atoms with Gasteiger partial charge in [0, 0.05) is 16.6 Å². The summed E-state index contributed by atoms with van der Waals surface area (Å²) in [7, 11) is 0. The van der Waals surface area contributed by atoms with Crippen LogP contribution >= 0.6 is 15.9 Å². The number of nitrogens with two attached hydrogens (primary N) is 1. The summed E-state index contributed by atoms with van der Waals surface area (Å²) in [6.45, 7) is 0.914. The lowest BCUT2D eigenvalue weighted by Crippen LogP contribution is -2.37. The first-order chi connectivity index (χ1) is 9.08. The van der Waals surface area contributed by atoms with E-state index in [1.54, 1.807) is 6.07 Å². The van der Waals surface area contributed by atoms with Crippen LogP contribution in [0.25, 0.3) is 11.4 Å². The van der Waals surface area contributed by atoms with Crippen molar-refractivity contribution < 1.29 is 13.7 Å². The van der Waals surface area contributed by atoms with Crippen LogP contribution in [0.5, 0.6) is 0 Å². The molecule has 2 heterocycles. The predicted octanol–water partition coefficient (Wildman–Crippen LogP) is 2.21. The highest BCUT2D eigenvalue weighted by Gasteiger charge is 2.38. The van der Waals surface area contributed by atoms with E-state index < -0.39 is 5.54 Å². The van der Waals surface area contributed by atoms with Gasteiger partial charge in [0.05, 0.1) is 6.61 Å². The van der Waals surface area contributed by atoms with Crippen LogP contribution < -0.4 is 5.73 Å². The Bertz CT molecular complexity index is 611. The molecule has 0 aliphatic carbocycles. The monoisotopic (exact) mass is 327 g/mol. The molecule has 1 atom stereocenters. The third-order valence-electron chi connectivity index (χ3n) is 3.07. The molecule has 1 aliphatic rings. The summed E-state index contributed by atoms with van der Waals surface area (Å²) in [5.74, 6) is 0.255. The Labute approximate surface area is 117 Å². The first kappa shape index (κ1) is 12.7. The summed E-state index contributed by atoms with van der Waals surface area (Å²) in [6, 6.07) is 4.29. The van der Waals surface area contributed by atoms with Crippen molar-refractivity contribution in [1.82, 2.24) is 10.1 Å². The summed E-state index contributed by atoms with van der Waals surface area (Å²) in [4.78, 5) is 4.26. The van der Waals surface area contributed by atoms with Gasteiger partial charge in [0.15, 0.2) is 0 Å². The Balaban J connectivity index is 1.99. The predicted molar refractivity (Wildman–Crippen MR) is 68.7 cm³/mol. The van der Waals surface area contributed by atoms with Gasteiger partial charge in [-0.3, -0.25) is 0 Å². The van der Waals surface area contributed by atoms with Gasteiger partial charge in [0.1, 0.15) is 11.4 Å². The van der Waals surface area contributed by atoms with Gasteiger partial charge in [-0.25, -0.2) is 4.39 Å². The maximum absolute atomic E-state index is 13.3. The van der Waals surface area contributed by atoms with Crippen molar-refractivity contribution in [1.29, 1.82) is 0 Å². The van der Waals surface area contributed by atoms with Crippen LogP contribution in [0.4, 0.5) is 4.39 Å². The molecule has 3 rings (SSSR count). The van der Waals surface area contributed by atoms with Crippen LogP contribution in [0.3, 0.4) is 0 Å². The number of benzene rings is 1. The number of ether oxygens (including phenoxy) is 1. The largest absolute Gasteiger partial charge is 0.379 e. The minimum absolute atomic E-state index is 0.304. The van der Waals surface area contributed by atoms with Gasteiger partial charge >= 0.3 is 0 Å². The van der Waals surface area contributed by atoms with Gasteiger partial charge in [0.2, 0.25) is 11.7 Å². The van der Waals surface area contributed by atoms with Crippen molar-refractivity contribution >= 4 is 15.9 Å². The van der Waals surface area contributed by atoms with Gasteiger partial charge in [-0.15, -0.1) is 0 Å². The van der Waals surface area contributed by atoms with Gasteiger partial charge in [-0.1, -0.05) is 21.1 Å². The molecule has 2 N–H and O–H groups in total. The van der Waals surface area contributed by atoms with Crippen molar-refractivity contribution in [3.63, 3.8) is 0 Å². The molecule has 2 aromatic rings. The molecular weight excluding hydrogens is 317 g/mol. The van der Waals surface area contributed by atoms with Gasteiger partial charge in [-0.2, -0.15) is 4.98 Å². The van der Waals surface area contributed by atoms with E-state index >= 15 is 0 Å². The quantitative estimate of drug-likeness (QED) is 0.915. The van der Waals surface area contributed by atoms with E-state index in [2.05, 4.69) is 26.1 Å². The summed E-state index contributed by atoms with van der Waals surface area (Å²) >= 11 is 3.33. The Kier molecular flexibility index (Phi) is 3.12. The fourth-order valence-electron chi connectivity index (χ4n) is 1.95. The average Bonchev–Trinajstić information content (AvgIpc) is 3.02. The highest BCUT2D eigenvalue weighted by molar-refractivity contribution is 9.10. The van der Waals surface area contributed by atoms with Crippen LogP contribution in [0.2, 0.25) is 0 Å². The number of rotatable bonds is 2. The first-order valence-electron chi connectivity index (χ1n) is 5.75. The van der Waals surface area contributed by atoms with Crippen molar-refractivity contribution in [2.45, 2.75) is 12.0 Å². The third kappa shape index (κ3) is 2.29. The van der Waals surface area contributed by atoms with Crippen LogP contribution in [0.1, 0.15) is 12.3 Å². The lowest BCUT2D eigenvalue weighted by atomic mass is 10.0. The van der Waals surface area contributed by atoms with Crippen LogP contribution in [0.15, 0.2) is 27.2 Å². The third-order valence-corrected chi connectivity index (χ3v) is 3.76. The van der Waals surface area contributed by atoms with E-state index in [0.29, 0.717) is 41.4 Å². The molecule has 0 saturated carbocycles. The zero-order valence-corrected chi connectivity index (χ0v) is 11.5. The summed E-state index contributed by atoms with van der Waals surface area (Å²) in [5.41, 5.74) is 5.91. The SMILES string of the molecule is NC1(c2nc(-c3cc(F)ccc3Br)no2)CCOC1. The molecule has 1 fully saturated rings. The van der Waals surface area contributed by atoms with Crippen molar-refractivity contribution in [3.05, 3.63) is 34.4 Å². The molecule has 0 spiro atoms. The second-order valence-corrected chi connectivity index (χ2v) is 5.36. The van der Waals surface area contributed by atoms with Crippen molar-refractivity contribution in [2.24, 2.45) is 5.73 Å².